The summed E-state index contributed by atoms with van der Waals surface area (Å²) in [7, 11) is 0. The van der Waals surface area contributed by atoms with Crippen LogP contribution in [0.25, 0.3) is 0 Å². The van der Waals surface area contributed by atoms with Gasteiger partial charge in [-0.05, 0) is 31.7 Å². The van der Waals surface area contributed by atoms with Gasteiger partial charge in [0.1, 0.15) is 0 Å². The Kier molecular flexibility index (Phi) is 4.40. The number of pyridine rings is 1. The van der Waals surface area contributed by atoms with Gasteiger partial charge >= 0.3 is 0 Å². The molecule has 0 spiro atoms. The van der Waals surface area contributed by atoms with E-state index in [1.54, 1.807) is 0 Å². The van der Waals surface area contributed by atoms with Gasteiger partial charge in [-0.25, -0.2) is 4.98 Å². The van der Waals surface area contributed by atoms with Crippen LogP contribution in [0.5, 0.6) is 5.88 Å². The van der Waals surface area contributed by atoms with Crippen molar-refractivity contribution < 1.29 is 4.74 Å². The Bertz CT molecular complexity index is 310. The second-order valence-corrected chi connectivity index (χ2v) is 4.21. The van der Waals surface area contributed by atoms with E-state index >= 15 is 0 Å². The number of nitrogens with two attached hydrogens (primary N) is 1. The molecule has 0 aliphatic rings. The SMILES string of the molecule is Cc1nc(OCCCC(C)C)ccc1N. The Balaban J connectivity index is 2.35. The average molecular weight is 208 g/mol. The highest BCUT2D eigenvalue weighted by molar-refractivity contribution is 5.43. The molecule has 0 aliphatic carbocycles. The van der Waals surface area contributed by atoms with E-state index < -0.39 is 0 Å². The summed E-state index contributed by atoms with van der Waals surface area (Å²) in [4.78, 5) is 4.24. The molecule has 15 heavy (non-hydrogen) atoms. The van der Waals surface area contributed by atoms with E-state index in [-0.39, 0.29) is 0 Å². The topological polar surface area (TPSA) is 48.1 Å². The summed E-state index contributed by atoms with van der Waals surface area (Å²) in [6.07, 6.45) is 2.26. The molecule has 0 bridgehead atoms. The molecule has 1 rings (SSSR count). The predicted octanol–water partition coefficient (Wildman–Crippen LogP) is 2.79. The van der Waals surface area contributed by atoms with Crippen molar-refractivity contribution in [1.29, 1.82) is 0 Å². The van der Waals surface area contributed by atoms with Crippen LogP contribution in [0.2, 0.25) is 0 Å². The van der Waals surface area contributed by atoms with Gasteiger partial charge in [0.2, 0.25) is 5.88 Å². The maximum absolute atomic E-state index is 5.67. The van der Waals surface area contributed by atoms with E-state index in [1.165, 1.54) is 6.42 Å². The Morgan fingerprint density at radius 2 is 2.13 bits per heavy atom. The van der Waals surface area contributed by atoms with Crippen LogP contribution >= 0.6 is 0 Å². The van der Waals surface area contributed by atoms with Crippen molar-refractivity contribution in [2.75, 3.05) is 12.3 Å². The van der Waals surface area contributed by atoms with Crippen LogP contribution in [0, 0.1) is 12.8 Å². The number of hydrogen-bond acceptors (Lipinski definition) is 3. The zero-order valence-electron chi connectivity index (χ0n) is 9.79. The first-order chi connectivity index (χ1) is 7.09. The van der Waals surface area contributed by atoms with Crippen LogP contribution in [0.1, 0.15) is 32.4 Å². The van der Waals surface area contributed by atoms with Gasteiger partial charge in [-0.3, -0.25) is 0 Å². The minimum Gasteiger partial charge on any atom is -0.478 e. The molecule has 3 heteroatoms. The molecular formula is C12H20N2O. The Morgan fingerprint density at radius 3 is 2.73 bits per heavy atom. The fourth-order valence-corrected chi connectivity index (χ4v) is 1.30. The third kappa shape index (κ3) is 4.19. The summed E-state index contributed by atoms with van der Waals surface area (Å²) >= 11 is 0. The minimum absolute atomic E-state index is 0.672. The molecule has 0 atom stereocenters. The maximum Gasteiger partial charge on any atom is 0.213 e. The molecule has 0 saturated carbocycles. The quantitative estimate of drug-likeness (QED) is 0.757. The van der Waals surface area contributed by atoms with Crippen molar-refractivity contribution in [1.82, 2.24) is 4.98 Å². The molecule has 84 valence electrons. The van der Waals surface area contributed by atoms with Gasteiger partial charge < -0.3 is 10.5 Å². The molecule has 0 unspecified atom stereocenters. The third-order valence-corrected chi connectivity index (χ3v) is 2.28. The minimum atomic E-state index is 0.672. The van der Waals surface area contributed by atoms with Gasteiger partial charge in [0, 0.05) is 6.07 Å². The first-order valence-corrected chi connectivity index (χ1v) is 5.45. The van der Waals surface area contributed by atoms with E-state index in [0.29, 0.717) is 11.6 Å². The van der Waals surface area contributed by atoms with E-state index in [1.807, 2.05) is 19.1 Å². The summed E-state index contributed by atoms with van der Waals surface area (Å²) in [6.45, 7) is 7.04. The van der Waals surface area contributed by atoms with Crippen LogP contribution in [-0.4, -0.2) is 11.6 Å². The molecule has 2 N–H and O–H groups in total. The van der Waals surface area contributed by atoms with Gasteiger partial charge in [0.15, 0.2) is 0 Å². The van der Waals surface area contributed by atoms with E-state index in [2.05, 4.69) is 18.8 Å². The average Bonchev–Trinajstić information content (AvgIpc) is 2.18. The van der Waals surface area contributed by atoms with Gasteiger partial charge in [-0.15, -0.1) is 0 Å². The number of rotatable bonds is 5. The molecule has 1 heterocycles. The molecule has 0 fully saturated rings. The van der Waals surface area contributed by atoms with Crippen LogP contribution in [-0.2, 0) is 0 Å². The monoisotopic (exact) mass is 208 g/mol. The fraction of sp³-hybridized carbons (Fsp3) is 0.583. The first-order valence-electron chi connectivity index (χ1n) is 5.45. The van der Waals surface area contributed by atoms with Crippen molar-refractivity contribution in [3.63, 3.8) is 0 Å². The first kappa shape index (κ1) is 11.8. The molecule has 0 aliphatic heterocycles. The second kappa shape index (κ2) is 5.59. The maximum atomic E-state index is 5.67. The van der Waals surface area contributed by atoms with Crippen LogP contribution in [0.4, 0.5) is 5.69 Å². The molecule has 1 aromatic heterocycles. The van der Waals surface area contributed by atoms with E-state index in [0.717, 1.165) is 24.6 Å². The molecule has 0 radical (unpaired) electrons. The molecule has 3 nitrogen and oxygen atoms in total. The van der Waals surface area contributed by atoms with Gasteiger partial charge in [-0.1, -0.05) is 13.8 Å². The highest BCUT2D eigenvalue weighted by atomic mass is 16.5. The zero-order valence-corrected chi connectivity index (χ0v) is 9.79. The van der Waals surface area contributed by atoms with Crippen molar-refractivity contribution in [3.05, 3.63) is 17.8 Å². The van der Waals surface area contributed by atoms with E-state index in [9.17, 15) is 0 Å². The van der Waals surface area contributed by atoms with Crippen LogP contribution in [0.3, 0.4) is 0 Å². The Labute approximate surface area is 91.7 Å². The van der Waals surface area contributed by atoms with Crippen molar-refractivity contribution >= 4 is 5.69 Å². The summed E-state index contributed by atoms with van der Waals surface area (Å²) in [5, 5.41) is 0. The summed E-state index contributed by atoms with van der Waals surface area (Å²) < 4.78 is 5.53. The predicted molar refractivity (Wildman–Crippen MR) is 63.0 cm³/mol. The van der Waals surface area contributed by atoms with Gasteiger partial charge in [0.25, 0.3) is 0 Å². The second-order valence-electron chi connectivity index (χ2n) is 4.21. The van der Waals surface area contributed by atoms with Crippen molar-refractivity contribution in [2.24, 2.45) is 5.92 Å². The summed E-state index contributed by atoms with van der Waals surface area (Å²) in [5.41, 5.74) is 7.21. The number of aryl methyl sites for hydroxylation is 1. The molecular weight excluding hydrogens is 188 g/mol. The lowest BCUT2D eigenvalue weighted by Gasteiger charge is -2.08. The number of hydrogen-bond donors (Lipinski definition) is 1. The number of nitrogens with zero attached hydrogens (tertiary/aromatic N) is 1. The number of nitrogen functional groups attached to an aromatic ring is 1. The Morgan fingerprint density at radius 1 is 1.40 bits per heavy atom. The largest absolute Gasteiger partial charge is 0.478 e. The normalized spacial score (nSPS) is 10.7. The number of anilines is 1. The third-order valence-electron chi connectivity index (χ3n) is 2.28. The van der Waals surface area contributed by atoms with Gasteiger partial charge in [0.05, 0.1) is 18.0 Å². The van der Waals surface area contributed by atoms with Gasteiger partial charge in [-0.2, -0.15) is 0 Å². The fourth-order valence-electron chi connectivity index (χ4n) is 1.30. The lowest BCUT2D eigenvalue weighted by molar-refractivity contribution is 0.287. The summed E-state index contributed by atoms with van der Waals surface area (Å²) in [5.74, 6) is 1.40. The molecule has 0 saturated heterocycles. The van der Waals surface area contributed by atoms with Crippen molar-refractivity contribution in [3.8, 4) is 5.88 Å². The Hall–Kier alpha value is -1.25. The zero-order chi connectivity index (χ0) is 11.3. The smallest absolute Gasteiger partial charge is 0.213 e. The highest BCUT2D eigenvalue weighted by Gasteiger charge is 2.00. The molecule has 0 amide bonds. The van der Waals surface area contributed by atoms with Crippen molar-refractivity contribution in [2.45, 2.75) is 33.6 Å². The van der Waals surface area contributed by atoms with E-state index in [4.69, 9.17) is 10.5 Å². The highest BCUT2D eigenvalue weighted by Crippen LogP contribution is 2.14. The lowest BCUT2D eigenvalue weighted by atomic mass is 10.1. The lowest BCUT2D eigenvalue weighted by Crippen LogP contribution is -2.02. The number of aromatic nitrogens is 1. The van der Waals surface area contributed by atoms with Crippen LogP contribution in [0.15, 0.2) is 12.1 Å². The number of ether oxygens (including phenoxy) is 1. The van der Waals surface area contributed by atoms with Crippen LogP contribution < -0.4 is 10.5 Å². The summed E-state index contributed by atoms with van der Waals surface area (Å²) in [6, 6.07) is 3.65. The standard InChI is InChI=1S/C12H20N2O/c1-9(2)5-4-8-15-12-7-6-11(13)10(3)14-12/h6-7,9H,4-5,8,13H2,1-3H3. The molecule has 0 aromatic carbocycles. The molecule has 1 aromatic rings.